The molecule has 0 bridgehead atoms. The predicted octanol–water partition coefficient (Wildman–Crippen LogP) is 4.19. The van der Waals surface area contributed by atoms with Crippen molar-refractivity contribution in [1.82, 2.24) is 14.8 Å². The molecule has 1 amide bonds. The summed E-state index contributed by atoms with van der Waals surface area (Å²) in [6, 6.07) is 8.98. The molecule has 0 aliphatic rings. The Kier molecular flexibility index (Phi) is 5.00. The fraction of sp³-hybridized carbons (Fsp3) is 0.235. The highest BCUT2D eigenvalue weighted by Gasteiger charge is 2.22. The molecule has 0 spiro atoms. The summed E-state index contributed by atoms with van der Waals surface area (Å²) in [5, 5.41) is 11.9. The molecule has 0 fully saturated rings. The van der Waals surface area contributed by atoms with Crippen molar-refractivity contribution in [3.8, 4) is 16.5 Å². The number of thiophene rings is 1. The molecular formula is C17H18N4O2S2. The van der Waals surface area contributed by atoms with Gasteiger partial charge in [0.05, 0.1) is 17.7 Å². The topological polar surface area (TPSA) is 71.9 Å². The van der Waals surface area contributed by atoms with Crippen molar-refractivity contribution in [1.29, 1.82) is 0 Å². The number of aryl methyl sites for hydroxylation is 1. The maximum atomic E-state index is 12.8. The van der Waals surface area contributed by atoms with Gasteiger partial charge in [0.2, 0.25) is 5.91 Å². The van der Waals surface area contributed by atoms with E-state index in [1.807, 2.05) is 42.6 Å². The van der Waals surface area contributed by atoms with E-state index in [9.17, 15) is 4.79 Å². The third kappa shape index (κ3) is 3.49. The van der Waals surface area contributed by atoms with Crippen molar-refractivity contribution in [2.75, 3.05) is 12.4 Å². The van der Waals surface area contributed by atoms with E-state index in [4.69, 9.17) is 17.0 Å². The van der Waals surface area contributed by atoms with Gasteiger partial charge in [0.15, 0.2) is 10.6 Å². The molecule has 6 nitrogen and oxygen atoms in total. The van der Waals surface area contributed by atoms with Crippen molar-refractivity contribution < 1.29 is 9.53 Å². The first-order chi connectivity index (χ1) is 12.0. The molecule has 0 saturated heterocycles. The number of anilines is 1. The standard InChI is InChI=1S/C17H18N4O2S2/c1-10-6-7-13(23-3)12(9-10)18-16(22)11(2)21-15(19-20-17(21)24)14-5-4-8-25-14/h4-9,11H,1-3H3,(H,18,22)(H,20,24). The number of hydrogen-bond donors (Lipinski definition) is 2. The molecule has 3 aromatic rings. The monoisotopic (exact) mass is 374 g/mol. The average Bonchev–Trinajstić information content (AvgIpc) is 3.23. The number of benzene rings is 1. The number of nitrogens with zero attached hydrogens (tertiary/aromatic N) is 2. The summed E-state index contributed by atoms with van der Waals surface area (Å²) in [4.78, 5) is 13.7. The number of aromatic amines is 1. The van der Waals surface area contributed by atoms with Gasteiger partial charge in [0.25, 0.3) is 0 Å². The van der Waals surface area contributed by atoms with Crippen molar-refractivity contribution in [2.45, 2.75) is 19.9 Å². The zero-order valence-corrected chi connectivity index (χ0v) is 15.7. The molecule has 2 heterocycles. The third-order valence-electron chi connectivity index (χ3n) is 3.83. The van der Waals surface area contributed by atoms with Gasteiger partial charge in [-0.1, -0.05) is 12.1 Å². The SMILES string of the molecule is COc1ccc(C)cc1NC(=O)C(C)n1c(-c2cccs2)n[nH]c1=S. The lowest BCUT2D eigenvalue weighted by molar-refractivity contribution is -0.118. The highest BCUT2D eigenvalue weighted by atomic mass is 32.1. The minimum atomic E-state index is -0.534. The lowest BCUT2D eigenvalue weighted by Crippen LogP contribution is -2.24. The molecule has 0 saturated carbocycles. The number of methoxy groups -OCH3 is 1. The smallest absolute Gasteiger partial charge is 0.247 e. The van der Waals surface area contributed by atoms with E-state index in [0.29, 0.717) is 22.0 Å². The van der Waals surface area contributed by atoms with Gasteiger partial charge in [-0.3, -0.25) is 14.5 Å². The predicted molar refractivity (Wildman–Crippen MR) is 102 cm³/mol. The normalized spacial score (nSPS) is 12.0. The average molecular weight is 374 g/mol. The minimum absolute atomic E-state index is 0.195. The van der Waals surface area contributed by atoms with E-state index in [2.05, 4.69) is 15.5 Å². The van der Waals surface area contributed by atoms with Gasteiger partial charge in [0.1, 0.15) is 11.8 Å². The molecule has 130 valence electrons. The van der Waals surface area contributed by atoms with Crippen LogP contribution in [-0.4, -0.2) is 27.8 Å². The van der Waals surface area contributed by atoms with E-state index in [1.54, 1.807) is 29.9 Å². The number of carbonyl (C=O) groups is 1. The van der Waals surface area contributed by atoms with Crippen molar-refractivity contribution in [2.24, 2.45) is 0 Å². The van der Waals surface area contributed by atoms with E-state index in [-0.39, 0.29) is 5.91 Å². The van der Waals surface area contributed by atoms with E-state index in [1.165, 1.54) is 0 Å². The number of hydrogen-bond acceptors (Lipinski definition) is 5. The molecule has 1 atom stereocenters. The summed E-state index contributed by atoms with van der Waals surface area (Å²) in [5.41, 5.74) is 1.66. The van der Waals surface area contributed by atoms with Crippen LogP contribution in [0, 0.1) is 11.7 Å². The van der Waals surface area contributed by atoms with Gasteiger partial charge in [-0.15, -0.1) is 11.3 Å². The van der Waals surface area contributed by atoms with Gasteiger partial charge in [0, 0.05) is 0 Å². The van der Waals surface area contributed by atoms with Gasteiger partial charge >= 0.3 is 0 Å². The van der Waals surface area contributed by atoms with Crippen LogP contribution >= 0.6 is 23.6 Å². The Morgan fingerprint density at radius 1 is 1.44 bits per heavy atom. The molecule has 1 unspecified atom stereocenters. The zero-order valence-electron chi connectivity index (χ0n) is 14.1. The second-order valence-corrected chi connectivity index (χ2v) is 6.90. The number of H-pyrrole nitrogens is 1. The van der Waals surface area contributed by atoms with Crippen LogP contribution in [0.15, 0.2) is 35.7 Å². The van der Waals surface area contributed by atoms with Crippen molar-refractivity contribution in [3.05, 3.63) is 46.0 Å². The van der Waals surface area contributed by atoms with Crippen molar-refractivity contribution >= 4 is 35.1 Å². The van der Waals surface area contributed by atoms with Gasteiger partial charge in [-0.25, -0.2) is 0 Å². The maximum Gasteiger partial charge on any atom is 0.247 e. The van der Waals surface area contributed by atoms with E-state index >= 15 is 0 Å². The Morgan fingerprint density at radius 3 is 2.92 bits per heavy atom. The minimum Gasteiger partial charge on any atom is -0.495 e. The Morgan fingerprint density at radius 2 is 2.24 bits per heavy atom. The second-order valence-electron chi connectivity index (χ2n) is 5.57. The number of nitrogens with one attached hydrogen (secondary N) is 2. The molecule has 0 aliphatic heterocycles. The molecule has 3 rings (SSSR count). The Balaban J connectivity index is 1.91. The van der Waals surface area contributed by atoms with Crippen LogP contribution in [0.3, 0.4) is 0 Å². The Labute approximate surface area is 154 Å². The number of amides is 1. The van der Waals surface area contributed by atoms with Crippen LogP contribution < -0.4 is 10.1 Å². The molecule has 0 aliphatic carbocycles. The molecule has 25 heavy (non-hydrogen) atoms. The maximum absolute atomic E-state index is 12.8. The zero-order chi connectivity index (χ0) is 18.0. The molecule has 2 aromatic heterocycles. The third-order valence-corrected chi connectivity index (χ3v) is 4.98. The number of carbonyl (C=O) groups excluding carboxylic acids is 1. The van der Waals surface area contributed by atoms with Gasteiger partial charge < -0.3 is 10.1 Å². The van der Waals surface area contributed by atoms with E-state index < -0.39 is 6.04 Å². The Bertz CT molecular complexity index is 944. The summed E-state index contributed by atoms with van der Waals surface area (Å²) in [7, 11) is 1.57. The Hall–Kier alpha value is -2.45. The summed E-state index contributed by atoms with van der Waals surface area (Å²) in [5.74, 6) is 1.07. The van der Waals surface area contributed by atoms with Crippen LogP contribution in [0.25, 0.3) is 10.7 Å². The fourth-order valence-corrected chi connectivity index (χ4v) is 3.52. The van der Waals surface area contributed by atoms with Crippen LogP contribution in [0.1, 0.15) is 18.5 Å². The van der Waals surface area contributed by atoms with Crippen LogP contribution in [-0.2, 0) is 4.79 Å². The lowest BCUT2D eigenvalue weighted by atomic mass is 10.2. The van der Waals surface area contributed by atoms with Crippen LogP contribution in [0.2, 0.25) is 0 Å². The summed E-state index contributed by atoms with van der Waals surface area (Å²) in [6.45, 7) is 3.75. The van der Waals surface area contributed by atoms with E-state index in [0.717, 1.165) is 10.4 Å². The summed E-state index contributed by atoms with van der Waals surface area (Å²) >= 11 is 6.86. The van der Waals surface area contributed by atoms with Crippen LogP contribution in [0.4, 0.5) is 5.69 Å². The largest absolute Gasteiger partial charge is 0.495 e. The number of rotatable bonds is 5. The first kappa shape index (κ1) is 17.4. The first-order valence-electron chi connectivity index (χ1n) is 7.67. The molecule has 2 N–H and O–H groups in total. The quantitative estimate of drug-likeness (QED) is 0.657. The van der Waals surface area contributed by atoms with Gasteiger partial charge in [-0.2, -0.15) is 5.10 Å². The van der Waals surface area contributed by atoms with Crippen LogP contribution in [0.5, 0.6) is 5.75 Å². The lowest BCUT2D eigenvalue weighted by Gasteiger charge is -2.17. The molecule has 8 heteroatoms. The number of ether oxygens (including phenoxy) is 1. The fourth-order valence-electron chi connectivity index (χ4n) is 2.52. The van der Waals surface area contributed by atoms with Crippen molar-refractivity contribution in [3.63, 3.8) is 0 Å². The summed E-state index contributed by atoms with van der Waals surface area (Å²) in [6.07, 6.45) is 0. The summed E-state index contributed by atoms with van der Waals surface area (Å²) < 4.78 is 7.44. The molecular weight excluding hydrogens is 356 g/mol. The van der Waals surface area contributed by atoms with Gasteiger partial charge in [-0.05, 0) is 55.2 Å². The molecule has 0 radical (unpaired) electrons. The molecule has 1 aromatic carbocycles. The first-order valence-corrected chi connectivity index (χ1v) is 8.96. The second kappa shape index (κ2) is 7.20. The highest BCUT2D eigenvalue weighted by Crippen LogP contribution is 2.28. The highest BCUT2D eigenvalue weighted by molar-refractivity contribution is 7.71. The number of aromatic nitrogens is 3.